The van der Waals surface area contributed by atoms with Crippen molar-refractivity contribution in [1.29, 1.82) is 5.26 Å². The number of carbonyl (C=O) groups excluding carboxylic acids is 1. The molecule has 0 radical (unpaired) electrons. The number of hydrogen-bond acceptors (Lipinski definition) is 4. The maximum absolute atomic E-state index is 12.1. The molecule has 1 amide bonds. The summed E-state index contributed by atoms with van der Waals surface area (Å²) < 4.78 is 12.0. The highest BCUT2D eigenvalue weighted by atomic mass is 79.9. The van der Waals surface area contributed by atoms with Gasteiger partial charge in [0.25, 0.3) is 0 Å². The second-order valence-corrected chi connectivity index (χ2v) is 9.09. The van der Waals surface area contributed by atoms with E-state index >= 15 is 0 Å². The molecule has 0 unspecified atom stereocenters. The van der Waals surface area contributed by atoms with Gasteiger partial charge in [-0.25, -0.2) is 4.79 Å². The number of amides is 1. The molecule has 6 heteroatoms. The fraction of sp³-hybridized carbons (Fsp3) is 0.579. The molecule has 1 aromatic carbocycles. The zero-order valence-corrected chi connectivity index (χ0v) is 17.4. The highest BCUT2D eigenvalue weighted by Gasteiger charge is 2.24. The average molecular weight is 411 g/mol. The molecule has 0 saturated heterocycles. The van der Waals surface area contributed by atoms with Gasteiger partial charge in [0.1, 0.15) is 24.0 Å². The molecule has 1 N–H and O–H groups in total. The fourth-order valence-corrected chi connectivity index (χ4v) is 2.63. The van der Waals surface area contributed by atoms with E-state index in [0.29, 0.717) is 17.7 Å². The first-order valence-corrected chi connectivity index (χ1v) is 9.01. The molecular weight excluding hydrogens is 384 g/mol. The van der Waals surface area contributed by atoms with Crippen molar-refractivity contribution in [2.45, 2.75) is 59.6 Å². The van der Waals surface area contributed by atoms with Gasteiger partial charge >= 0.3 is 6.09 Å². The Balaban J connectivity index is 2.81. The quantitative estimate of drug-likeness (QED) is 0.738. The minimum absolute atomic E-state index is 0.000807. The van der Waals surface area contributed by atoms with Crippen molar-refractivity contribution < 1.29 is 14.3 Å². The number of rotatable bonds is 5. The van der Waals surface area contributed by atoms with Crippen molar-refractivity contribution in [2.75, 3.05) is 6.61 Å². The van der Waals surface area contributed by atoms with Crippen LogP contribution in [0.4, 0.5) is 4.79 Å². The predicted molar refractivity (Wildman–Crippen MR) is 102 cm³/mol. The maximum Gasteiger partial charge on any atom is 0.407 e. The third-order valence-electron chi connectivity index (χ3n) is 3.08. The van der Waals surface area contributed by atoms with Crippen LogP contribution in [-0.4, -0.2) is 24.3 Å². The number of ether oxygens (including phenoxy) is 2. The number of benzene rings is 1. The maximum atomic E-state index is 12.1. The summed E-state index contributed by atoms with van der Waals surface area (Å²) in [6.07, 6.45) is 0.242. The van der Waals surface area contributed by atoms with E-state index in [1.54, 1.807) is 12.1 Å². The molecule has 0 saturated carbocycles. The normalized spacial score (nSPS) is 12.9. The molecule has 1 atom stereocenters. The van der Waals surface area contributed by atoms with Gasteiger partial charge in [0.05, 0.1) is 11.6 Å². The summed E-state index contributed by atoms with van der Waals surface area (Å²) >= 11 is 3.34. The minimum atomic E-state index is -0.559. The molecule has 25 heavy (non-hydrogen) atoms. The Bertz CT molecular complexity index is 640. The van der Waals surface area contributed by atoms with Gasteiger partial charge < -0.3 is 14.8 Å². The molecule has 0 aliphatic rings. The molecule has 0 spiro atoms. The monoisotopic (exact) mass is 410 g/mol. The zero-order valence-electron chi connectivity index (χ0n) is 15.8. The van der Waals surface area contributed by atoms with Gasteiger partial charge in [-0.15, -0.1) is 0 Å². The summed E-state index contributed by atoms with van der Waals surface area (Å²) in [5.41, 5.74) is -0.112. The molecule has 0 aliphatic heterocycles. The van der Waals surface area contributed by atoms with E-state index in [4.69, 9.17) is 9.47 Å². The molecule has 1 aromatic rings. The Morgan fingerprint density at radius 3 is 2.44 bits per heavy atom. The van der Waals surface area contributed by atoms with Crippen molar-refractivity contribution in [1.82, 2.24) is 5.32 Å². The summed E-state index contributed by atoms with van der Waals surface area (Å²) in [5, 5.41) is 12.1. The average Bonchev–Trinajstić information content (AvgIpc) is 2.41. The van der Waals surface area contributed by atoms with Gasteiger partial charge in [-0.1, -0.05) is 36.7 Å². The number of halogens is 1. The lowest BCUT2D eigenvalue weighted by molar-refractivity contribution is 0.0471. The van der Waals surface area contributed by atoms with E-state index in [-0.39, 0.29) is 18.1 Å². The Morgan fingerprint density at radius 2 is 1.92 bits per heavy atom. The van der Waals surface area contributed by atoms with Gasteiger partial charge in [-0.3, -0.25) is 0 Å². The second-order valence-electron chi connectivity index (χ2n) is 8.17. The number of nitriles is 1. The summed E-state index contributed by atoms with van der Waals surface area (Å²) in [4.78, 5) is 12.1. The SMILES string of the molecule is CC(C)(C)C[C@@H](COc1ccc(Br)cc1C#N)NC(=O)OC(C)(C)C. The third-order valence-corrected chi connectivity index (χ3v) is 3.57. The van der Waals surface area contributed by atoms with Gasteiger partial charge in [-0.2, -0.15) is 5.26 Å². The summed E-state index contributed by atoms with van der Waals surface area (Å²) in [5.74, 6) is 0.496. The molecule has 5 nitrogen and oxygen atoms in total. The fourth-order valence-electron chi connectivity index (χ4n) is 2.27. The van der Waals surface area contributed by atoms with E-state index in [2.05, 4.69) is 48.1 Å². The van der Waals surface area contributed by atoms with Gasteiger partial charge in [0, 0.05) is 4.47 Å². The Kier molecular flexibility index (Phi) is 7.30. The molecule has 1 rings (SSSR count). The lowest BCUT2D eigenvalue weighted by Gasteiger charge is -2.28. The summed E-state index contributed by atoms with van der Waals surface area (Å²) in [6.45, 7) is 12.0. The first kappa shape index (κ1) is 21.3. The number of alkyl carbamates (subject to hydrolysis) is 1. The van der Waals surface area contributed by atoms with Gasteiger partial charge in [-0.05, 0) is 50.8 Å². The van der Waals surface area contributed by atoms with Gasteiger partial charge in [0.15, 0.2) is 0 Å². The molecular formula is C19H27BrN2O3. The number of nitrogens with zero attached hydrogens (tertiary/aromatic N) is 1. The van der Waals surface area contributed by atoms with E-state index in [1.807, 2.05) is 26.8 Å². The van der Waals surface area contributed by atoms with Crippen LogP contribution in [0.3, 0.4) is 0 Å². The number of carbonyl (C=O) groups is 1. The van der Waals surface area contributed by atoms with E-state index in [1.165, 1.54) is 0 Å². The van der Waals surface area contributed by atoms with Crippen LogP contribution in [0.1, 0.15) is 53.5 Å². The van der Waals surface area contributed by atoms with Gasteiger partial charge in [0.2, 0.25) is 0 Å². The smallest absolute Gasteiger partial charge is 0.407 e. The standard InChI is InChI=1S/C19H27BrN2O3/c1-18(2,3)10-15(22-17(23)25-19(4,5)6)12-24-16-8-7-14(20)9-13(16)11-21/h7-9,15H,10,12H2,1-6H3,(H,22,23)/t15-/m0/s1. The van der Waals surface area contributed by atoms with Crippen LogP contribution >= 0.6 is 15.9 Å². The molecule has 138 valence electrons. The summed E-state index contributed by atoms with van der Waals surface area (Å²) in [6, 6.07) is 7.14. The van der Waals surface area contributed by atoms with Crippen molar-refractivity contribution >= 4 is 22.0 Å². The highest BCUT2D eigenvalue weighted by Crippen LogP contribution is 2.25. The Morgan fingerprint density at radius 1 is 1.28 bits per heavy atom. The van der Waals surface area contributed by atoms with Crippen LogP contribution in [0.15, 0.2) is 22.7 Å². The van der Waals surface area contributed by atoms with Crippen molar-refractivity contribution in [3.63, 3.8) is 0 Å². The third kappa shape index (κ3) is 8.78. The summed E-state index contributed by atoms with van der Waals surface area (Å²) in [7, 11) is 0. The largest absolute Gasteiger partial charge is 0.490 e. The van der Waals surface area contributed by atoms with Crippen LogP contribution in [-0.2, 0) is 4.74 Å². The first-order valence-electron chi connectivity index (χ1n) is 8.21. The van der Waals surface area contributed by atoms with E-state index in [9.17, 15) is 10.1 Å². The van der Waals surface area contributed by atoms with Crippen molar-refractivity contribution in [2.24, 2.45) is 5.41 Å². The Hall–Kier alpha value is -1.74. The van der Waals surface area contributed by atoms with Crippen LogP contribution < -0.4 is 10.1 Å². The molecule has 0 bridgehead atoms. The topological polar surface area (TPSA) is 71.3 Å². The van der Waals surface area contributed by atoms with Crippen LogP contribution in [0.2, 0.25) is 0 Å². The van der Waals surface area contributed by atoms with Crippen molar-refractivity contribution in [3.8, 4) is 11.8 Å². The van der Waals surface area contributed by atoms with E-state index < -0.39 is 11.7 Å². The van der Waals surface area contributed by atoms with Crippen LogP contribution in [0.5, 0.6) is 5.75 Å². The lowest BCUT2D eigenvalue weighted by Crippen LogP contribution is -2.44. The molecule has 0 heterocycles. The predicted octanol–water partition coefficient (Wildman–Crippen LogP) is 5.03. The minimum Gasteiger partial charge on any atom is -0.490 e. The first-order chi connectivity index (χ1) is 11.4. The Labute approximate surface area is 158 Å². The highest BCUT2D eigenvalue weighted by molar-refractivity contribution is 9.10. The van der Waals surface area contributed by atoms with Crippen LogP contribution in [0.25, 0.3) is 0 Å². The zero-order chi connectivity index (χ0) is 19.3. The molecule has 0 fully saturated rings. The molecule has 0 aromatic heterocycles. The van der Waals surface area contributed by atoms with Crippen molar-refractivity contribution in [3.05, 3.63) is 28.2 Å². The molecule has 0 aliphatic carbocycles. The second kappa shape index (κ2) is 8.57. The lowest BCUT2D eigenvalue weighted by atomic mass is 9.88. The van der Waals surface area contributed by atoms with E-state index in [0.717, 1.165) is 4.47 Å². The number of nitrogens with one attached hydrogen (secondary N) is 1. The van der Waals surface area contributed by atoms with Crippen LogP contribution in [0, 0.1) is 16.7 Å². The number of hydrogen-bond donors (Lipinski definition) is 1.